The van der Waals surface area contributed by atoms with Gasteiger partial charge in [-0.1, -0.05) is 36.4 Å². The maximum absolute atomic E-state index is 13.3. The first kappa shape index (κ1) is 17.7. The Morgan fingerprint density at radius 2 is 1.70 bits per heavy atom. The third kappa shape index (κ3) is 2.58. The second-order valence-electron chi connectivity index (χ2n) is 7.02. The van der Waals surface area contributed by atoms with Crippen molar-refractivity contribution in [2.45, 2.75) is 6.04 Å². The number of nitrogens with two attached hydrogens (primary N) is 2. The van der Waals surface area contributed by atoms with Crippen molar-refractivity contribution in [2.75, 3.05) is 16.8 Å². The monoisotopic (exact) mass is 401 g/mol. The van der Waals surface area contributed by atoms with Gasteiger partial charge in [-0.25, -0.2) is 4.99 Å². The van der Waals surface area contributed by atoms with Gasteiger partial charge < -0.3 is 16.8 Å². The number of nitrogens with zero attached hydrogens (tertiary/aromatic N) is 4. The molecule has 0 bridgehead atoms. The number of fused-ring (bicyclic) bond motifs is 4. The number of nitrogens with one attached hydrogen (secondary N) is 1. The van der Waals surface area contributed by atoms with E-state index in [4.69, 9.17) is 11.5 Å². The third-order valence-corrected chi connectivity index (χ3v) is 5.30. The molecule has 1 aliphatic carbocycles. The summed E-state index contributed by atoms with van der Waals surface area (Å²) in [4.78, 5) is 36.7. The van der Waals surface area contributed by atoms with Gasteiger partial charge in [-0.15, -0.1) is 0 Å². The molecule has 30 heavy (non-hydrogen) atoms. The highest BCUT2D eigenvalue weighted by atomic mass is 16.6. The highest BCUT2D eigenvalue weighted by molar-refractivity contribution is 6.29. The van der Waals surface area contributed by atoms with E-state index in [1.807, 2.05) is 12.1 Å². The Hall–Kier alpha value is -4.34. The van der Waals surface area contributed by atoms with Crippen LogP contribution in [0.2, 0.25) is 0 Å². The molecule has 0 amide bonds. The van der Waals surface area contributed by atoms with Crippen molar-refractivity contribution >= 4 is 40.5 Å². The molecule has 2 aromatic carbocycles. The van der Waals surface area contributed by atoms with Crippen LogP contribution in [0.25, 0.3) is 0 Å². The van der Waals surface area contributed by atoms with E-state index in [1.165, 1.54) is 12.1 Å². The van der Waals surface area contributed by atoms with E-state index in [0.29, 0.717) is 28.1 Å². The molecule has 10 heteroatoms. The molecule has 2 unspecified atom stereocenters. The highest BCUT2D eigenvalue weighted by Gasteiger charge is 2.44. The molecule has 1 aliphatic heterocycles. The summed E-state index contributed by atoms with van der Waals surface area (Å²) in [6, 6.07) is 12.7. The second kappa shape index (κ2) is 6.34. The van der Waals surface area contributed by atoms with E-state index in [1.54, 1.807) is 24.3 Å². The van der Waals surface area contributed by atoms with Crippen molar-refractivity contribution in [3.8, 4) is 0 Å². The first-order valence-electron chi connectivity index (χ1n) is 9.10. The Labute approximate surface area is 169 Å². The molecular weight excluding hydrogens is 386 g/mol. The fraction of sp³-hybridized carbons (Fsp3) is 0.100. The number of aromatic nitrogens is 2. The van der Waals surface area contributed by atoms with E-state index < -0.39 is 16.9 Å². The van der Waals surface area contributed by atoms with Gasteiger partial charge >= 0.3 is 0 Å². The topological polar surface area (TPSA) is 162 Å². The fourth-order valence-corrected chi connectivity index (χ4v) is 3.95. The number of hydrogen-bond acceptors (Lipinski definition) is 9. The first-order chi connectivity index (χ1) is 14.4. The molecule has 0 saturated heterocycles. The summed E-state index contributed by atoms with van der Waals surface area (Å²) in [5.74, 6) is -0.449. The van der Waals surface area contributed by atoms with Crippen LogP contribution < -0.4 is 16.8 Å². The van der Waals surface area contributed by atoms with Crippen molar-refractivity contribution in [3.05, 3.63) is 75.3 Å². The summed E-state index contributed by atoms with van der Waals surface area (Å²) in [6.07, 6.45) is 0. The number of Topliss-reactive ketones (excluding diaryl/α,β-unsaturated/α-hetero) is 1. The molecule has 10 nitrogen and oxygen atoms in total. The van der Waals surface area contributed by atoms with Gasteiger partial charge in [0.05, 0.1) is 22.6 Å². The maximum atomic E-state index is 13.3. The second-order valence-corrected chi connectivity index (χ2v) is 7.02. The quantitative estimate of drug-likeness (QED) is 0.436. The number of anilines is 3. The molecule has 3 aromatic rings. The van der Waals surface area contributed by atoms with Gasteiger partial charge in [0.1, 0.15) is 5.69 Å². The zero-order valence-electron chi connectivity index (χ0n) is 15.4. The lowest BCUT2D eigenvalue weighted by Crippen LogP contribution is -2.28. The molecule has 5 N–H and O–H groups in total. The van der Waals surface area contributed by atoms with E-state index in [-0.39, 0.29) is 29.1 Å². The Morgan fingerprint density at radius 3 is 2.40 bits per heavy atom. The standard InChI is InChI=1S/C20H15N7O3/c21-18-16-19(26-20(22)25-18)24-15-11-3-1-2-4-12(11)17(28)13(15)14(23-16)9-5-7-10(8-6-9)27(29)30/h1-8,13-14,23H,(H4,21,22,25,26). The van der Waals surface area contributed by atoms with Crippen molar-refractivity contribution in [2.24, 2.45) is 10.9 Å². The molecule has 0 fully saturated rings. The number of carbonyl (C=O) groups is 1. The van der Waals surface area contributed by atoms with Gasteiger partial charge in [0, 0.05) is 23.3 Å². The Morgan fingerprint density at radius 1 is 1.00 bits per heavy atom. The minimum Gasteiger partial charge on any atom is -0.382 e. The van der Waals surface area contributed by atoms with E-state index in [9.17, 15) is 14.9 Å². The molecule has 2 atom stereocenters. The number of rotatable bonds is 2. The predicted octanol–water partition coefficient (Wildman–Crippen LogP) is 2.65. The number of aliphatic imine (C=N–C) groups is 1. The van der Waals surface area contributed by atoms with E-state index >= 15 is 0 Å². The minimum atomic E-state index is -0.668. The van der Waals surface area contributed by atoms with Crippen molar-refractivity contribution < 1.29 is 9.72 Å². The lowest BCUT2D eigenvalue weighted by atomic mass is 9.88. The number of ketones is 1. The Bertz CT molecular complexity index is 1250. The normalized spacial score (nSPS) is 19.1. The van der Waals surface area contributed by atoms with Gasteiger partial charge in [-0.3, -0.25) is 14.9 Å². The molecule has 148 valence electrons. The zero-order valence-corrected chi connectivity index (χ0v) is 15.4. The lowest BCUT2D eigenvalue weighted by Gasteiger charge is -2.24. The number of carbonyl (C=O) groups excluding carboxylic acids is 1. The van der Waals surface area contributed by atoms with Crippen LogP contribution in [-0.4, -0.2) is 26.4 Å². The zero-order chi connectivity index (χ0) is 21.0. The van der Waals surface area contributed by atoms with Crippen LogP contribution in [0.5, 0.6) is 0 Å². The lowest BCUT2D eigenvalue weighted by molar-refractivity contribution is -0.384. The van der Waals surface area contributed by atoms with Gasteiger partial charge in [0.2, 0.25) is 5.95 Å². The fourth-order valence-electron chi connectivity index (χ4n) is 3.95. The van der Waals surface area contributed by atoms with Crippen LogP contribution in [0, 0.1) is 16.0 Å². The summed E-state index contributed by atoms with van der Waals surface area (Å²) in [5, 5.41) is 14.3. The molecular formula is C20H15N7O3. The highest BCUT2D eigenvalue weighted by Crippen LogP contribution is 2.44. The molecule has 0 radical (unpaired) electrons. The predicted molar refractivity (Wildman–Crippen MR) is 111 cm³/mol. The molecule has 2 heterocycles. The summed E-state index contributed by atoms with van der Waals surface area (Å²) in [7, 11) is 0. The van der Waals surface area contributed by atoms with Gasteiger partial charge in [-0.05, 0) is 5.56 Å². The number of nitrogen functional groups attached to an aromatic ring is 2. The number of hydrogen-bond donors (Lipinski definition) is 3. The summed E-state index contributed by atoms with van der Waals surface area (Å²) >= 11 is 0. The summed E-state index contributed by atoms with van der Waals surface area (Å²) < 4.78 is 0. The van der Waals surface area contributed by atoms with Crippen molar-refractivity contribution in [1.82, 2.24) is 9.97 Å². The van der Waals surface area contributed by atoms with Crippen LogP contribution in [0.1, 0.15) is 27.5 Å². The summed E-state index contributed by atoms with van der Waals surface area (Å²) in [5.41, 5.74) is 14.6. The number of nitro benzene ring substituents is 1. The van der Waals surface area contributed by atoms with Gasteiger partial charge in [-0.2, -0.15) is 9.97 Å². The van der Waals surface area contributed by atoms with E-state index in [0.717, 1.165) is 0 Å². The van der Waals surface area contributed by atoms with Crippen molar-refractivity contribution in [1.29, 1.82) is 0 Å². The number of non-ortho nitro benzene ring substituents is 1. The largest absolute Gasteiger partial charge is 0.382 e. The van der Waals surface area contributed by atoms with Crippen LogP contribution in [-0.2, 0) is 0 Å². The Kier molecular flexibility index (Phi) is 3.75. The molecule has 2 aliphatic rings. The van der Waals surface area contributed by atoms with Gasteiger partial charge in [0.25, 0.3) is 5.69 Å². The van der Waals surface area contributed by atoms with Crippen LogP contribution in [0.4, 0.5) is 29.0 Å². The van der Waals surface area contributed by atoms with Crippen LogP contribution >= 0.6 is 0 Å². The smallest absolute Gasteiger partial charge is 0.269 e. The third-order valence-electron chi connectivity index (χ3n) is 5.30. The van der Waals surface area contributed by atoms with Crippen molar-refractivity contribution in [3.63, 3.8) is 0 Å². The molecule has 5 rings (SSSR count). The molecule has 0 saturated carbocycles. The SMILES string of the molecule is Nc1nc(N)c2c(n1)N=C1c3ccccc3C(=O)C1C(c1ccc([N+](=O)[O-])cc1)N2. The first-order valence-corrected chi connectivity index (χ1v) is 9.10. The van der Waals surface area contributed by atoms with Gasteiger partial charge in [0.15, 0.2) is 17.4 Å². The average molecular weight is 401 g/mol. The minimum absolute atomic E-state index is 0.0275. The average Bonchev–Trinajstić information content (AvgIpc) is 2.89. The molecule has 1 aromatic heterocycles. The Balaban J connectivity index is 1.73. The van der Waals surface area contributed by atoms with Crippen LogP contribution in [0.3, 0.4) is 0 Å². The van der Waals surface area contributed by atoms with E-state index in [2.05, 4.69) is 20.3 Å². The maximum Gasteiger partial charge on any atom is 0.269 e. The number of benzene rings is 2. The summed E-state index contributed by atoms with van der Waals surface area (Å²) in [6.45, 7) is 0. The number of nitro groups is 1. The molecule has 0 spiro atoms. The van der Waals surface area contributed by atoms with Crippen LogP contribution in [0.15, 0.2) is 53.5 Å².